The summed E-state index contributed by atoms with van der Waals surface area (Å²) in [6.45, 7) is 0.832. The Morgan fingerprint density at radius 1 is 1.04 bits per heavy atom. The summed E-state index contributed by atoms with van der Waals surface area (Å²) in [6, 6.07) is 7.39. The first-order chi connectivity index (χ1) is 13.7. The molecular weight excluding hydrogens is 360 g/mol. The molecule has 0 bridgehead atoms. The van der Waals surface area contributed by atoms with Crippen molar-refractivity contribution in [2.24, 2.45) is 0 Å². The van der Waals surface area contributed by atoms with Crippen molar-refractivity contribution < 1.29 is 19.7 Å². The van der Waals surface area contributed by atoms with Gasteiger partial charge in [0, 0.05) is 30.8 Å². The second-order valence-electron chi connectivity index (χ2n) is 6.36. The highest BCUT2D eigenvalue weighted by Crippen LogP contribution is 2.32. The zero-order valence-corrected chi connectivity index (χ0v) is 16.2. The molecule has 1 aromatic carbocycles. The van der Waals surface area contributed by atoms with Crippen LogP contribution in [0.5, 0.6) is 11.5 Å². The van der Waals surface area contributed by atoms with E-state index in [0.29, 0.717) is 23.1 Å². The van der Waals surface area contributed by atoms with E-state index in [4.69, 9.17) is 14.6 Å². The van der Waals surface area contributed by atoms with Crippen molar-refractivity contribution in [3.63, 3.8) is 0 Å². The minimum absolute atomic E-state index is 0.0953. The van der Waals surface area contributed by atoms with Gasteiger partial charge in [-0.15, -0.1) is 0 Å². The number of nitrogens with zero attached hydrogens (tertiary/aromatic N) is 3. The van der Waals surface area contributed by atoms with Gasteiger partial charge in [0.1, 0.15) is 18.0 Å². The number of benzene rings is 1. The Labute approximate surface area is 163 Å². The number of anilines is 1. The fraction of sp³-hybridized carbons (Fsp3) is 0.400. The summed E-state index contributed by atoms with van der Waals surface area (Å²) in [5.74, 6) is 2.57. The monoisotopic (exact) mass is 386 g/mol. The number of hydrogen-bond acceptors (Lipinski definition) is 7. The van der Waals surface area contributed by atoms with Gasteiger partial charge in [0.2, 0.25) is 0 Å². The van der Waals surface area contributed by atoms with Crippen LogP contribution in [0.2, 0.25) is 0 Å². The summed E-state index contributed by atoms with van der Waals surface area (Å²) >= 11 is 0. The van der Waals surface area contributed by atoms with Crippen molar-refractivity contribution in [2.45, 2.75) is 25.9 Å². The van der Waals surface area contributed by atoms with Gasteiger partial charge >= 0.3 is 0 Å². The lowest BCUT2D eigenvalue weighted by molar-refractivity contribution is 0.282. The predicted octanol–water partition coefficient (Wildman–Crippen LogP) is 2.50. The SMILES string of the molecule is COc1cc2ncn(-c3ccc(CO)c(NCCCCCO)n3)c2cc1OC. The first kappa shape index (κ1) is 19.9. The number of aliphatic hydroxyl groups excluding tert-OH is 2. The maximum Gasteiger partial charge on any atom is 0.163 e. The summed E-state index contributed by atoms with van der Waals surface area (Å²) in [5.41, 5.74) is 2.34. The molecule has 2 heterocycles. The number of aromatic nitrogens is 3. The second kappa shape index (κ2) is 9.38. The molecule has 3 N–H and O–H groups in total. The highest BCUT2D eigenvalue weighted by Gasteiger charge is 2.13. The number of hydrogen-bond donors (Lipinski definition) is 3. The van der Waals surface area contributed by atoms with Crippen LogP contribution in [0.25, 0.3) is 16.9 Å². The smallest absolute Gasteiger partial charge is 0.163 e. The third kappa shape index (κ3) is 4.18. The number of methoxy groups -OCH3 is 2. The van der Waals surface area contributed by atoms with E-state index < -0.39 is 0 Å². The van der Waals surface area contributed by atoms with Crippen LogP contribution in [0.1, 0.15) is 24.8 Å². The lowest BCUT2D eigenvalue weighted by atomic mass is 10.2. The zero-order valence-electron chi connectivity index (χ0n) is 16.2. The third-order valence-corrected chi connectivity index (χ3v) is 4.56. The lowest BCUT2D eigenvalue weighted by Crippen LogP contribution is -2.09. The number of nitrogens with one attached hydrogen (secondary N) is 1. The minimum atomic E-state index is -0.0953. The number of aliphatic hydroxyl groups is 2. The zero-order chi connectivity index (χ0) is 19.9. The van der Waals surface area contributed by atoms with Crippen molar-refractivity contribution in [3.05, 3.63) is 36.2 Å². The Hall–Kier alpha value is -2.84. The molecular formula is C20H26N4O4. The summed E-state index contributed by atoms with van der Waals surface area (Å²) < 4.78 is 12.6. The van der Waals surface area contributed by atoms with Crippen LogP contribution in [0, 0.1) is 0 Å². The van der Waals surface area contributed by atoms with Gasteiger partial charge in [-0.05, 0) is 31.4 Å². The molecule has 150 valence electrons. The fourth-order valence-electron chi connectivity index (χ4n) is 3.03. The first-order valence-electron chi connectivity index (χ1n) is 9.26. The molecule has 0 radical (unpaired) electrons. The first-order valence-corrected chi connectivity index (χ1v) is 9.26. The van der Waals surface area contributed by atoms with E-state index >= 15 is 0 Å². The molecule has 0 spiro atoms. The summed E-state index contributed by atoms with van der Waals surface area (Å²) in [4.78, 5) is 9.12. The van der Waals surface area contributed by atoms with Crippen LogP contribution >= 0.6 is 0 Å². The Balaban J connectivity index is 1.91. The van der Waals surface area contributed by atoms with E-state index in [1.807, 2.05) is 28.8 Å². The van der Waals surface area contributed by atoms with Crippen LogP contribution in [0.3, 0.4) is 0 Å². The second-order valence-corrected chi connectivity index (χ2v) is 6.36. The van der Waals surface area contributed by atoms with Gasteiger partial charge < -0.3 is 25.0 Å². The molecule has 0 unspecified atom stereocenters. The van der Waals surface area contributed by atoms with Gasteiger partial charge in [-0.25, -0.2) is 9.97 Å². The van der Waals surface area contributed by atoms with Gasteiger partial charge in [-0.2, -0.15) is 0 Å². The number of pyridine rings is 1. The van der Waals surface area contributed by atoms with Gasteiger partial charge in [0.15, 0.2) is 11.5 Å². The van der Waals surface area contributed by atoms with Crippen molar-refractivity contribution >= 4 is 16.9 Å². The van der Waals surface area contributed by atoms with E-state index in [1.54, 1.807) is 20.5 Å². The van der Waals surface area contributed by atoms with E-state index in [2.05, 4.69) is 15.3 Å². The van der Waals surface area contributed by atoms with E-state index in [0.717, 1.165) is 42.4 Å². The number of imidazole rings is 1. The van der Waals surface area contributed by atoms with Crippen LogP contribution in [0.15, 0.2) is 30.6 Å². The average molecular weight is 386 g/mol. The lowest BCUT2D eigenvalue weighted by Gasteiger charge is -2.13. The maximum absolute atomic E-state index is 9.62. The molecule has 0 aliphatic heterocycles. The summed E-state index contributed by atoms with van der Waals surface area (Å²) in [6.07, 6.45) is 4.34. The quantitative estimate of drug-likeness (QED) is 0.460. The predicted molar refractivity (Wildman–Crippen MR) is 107 cm³/mol. The van der Waals surface area contributed by atoms with Crippen molar-refractivity contribution in [2.75, 3.05) is 32.7 Å². The Morgan fingerprint density at radius 2 is 1.82 bits per heavy atom. The number of fused-ring (bicyclic) bond motifs is 1. The highest BCUT2D eigenvalue weighted by atomic mass is 16.5. The molecule has 2 aromatic heterocycles. The number of ether oxygens (including phenoxy) is 2. The largest absolute Gasteiger partial charge is 0.493 e. The molecule has 0 fully saturated rings. The highest BCUT2D eigenvalue weighted by molar-refractivity contribution is 5.81. The molecule has 8 heteroatoms. The van der Waals surface area contributed by atoms with E-state index in [9.17, 15) is 5.11 Å². The normalized spacial score (nSPS) is 11.0. The Morgan fingerprint density at radius 3 is 2.54 bits per heavy atom. The maximum atomic E-state index is 9.62. The minimum Gasteiger partial charge on any atom is -0.493 e. The molecule has 8 nitrogen and oxygen atoms in total. The Kier molecular flexibility index (Phi) is 6.67. The summed E-state index contributed by atoms with van der Waals surface area (Å²) in [5, 5.41) is 21.8. The van der Waals surface area contributed by atoms with Gasteiger partial charge in [0.05, 0.1) is 31.9 Å². The van der Waals surface area contributed by atoms with Gasteiger partial charge in [-0.1, -0.05) is 0 Å². The van der Waals surface area contributed by atoms with Crippen molar-refractivity contribution in [3.8, 4) is 17.3 Å². The molecule has 0 amide bonds. The molecule has 0 aliphatic carbocycles. The number of rotatable bonds is 10. The van der Waals surface area contributed by atoms with Crippen molar-refractivity contribution in [1.29, 1.82) is 0 Å². The molecule has 3 aromatic rings. The van der Waals surface area contributed by atoms with Gasteiger partial charge in [0.25, 0.3) is 0 Å². The molecule has 0 saturated heterocycles. The van der Waals surface area contributed by atoms with Crippen LogP contribution in [0.4, 0.5) is 5.82 Å². The van der Waals surface area contributed by atoms with Crippen LogP contribution < -0.4 is 14.8 Å². The van der Waals surface area contributed by atoms with E-state index in [1.165, 1.54) is 0 Å². The molecule has 0 atom stereocenters. The topological polar surface area (TPSA) is 102 Å². The number of unbranched alkanes of at least 4 members (excludes halogenated alkanes) is 2. The molecule has 28 heavy (non-hydrogen) atoms. The van der Waals surface area contributed by atoms with Crippen molar-refractivity contribution in [1.82, 2.24) is 14.5 Å². The average Bonchev–Trinajstić information content (AvgIpc) is 3.15. The standard InChI is InChI=1S/C20H26N4O4/c1-27-17-10-15-16(11-18(17)28-2)24(13-22-15)19-7-6-14(12-26)20(23-19)21-8-4-3-5-9-25/h6-7,10-11,13,25-26H,3-5,8-9,12H2,1-2H3,(H,21,23). The van der Waals surface area contributed by atoms with Crippen LogP contribution in [-0.2, 0) is 6.61 Å². The van der Waals surface area contributed by atoms with Gasteiger partial charge in [-0.3, -0.25) is 4.57 Å². The third-order valence-electron chi connectivity index (χ3n) is 4.56. The van der Waals surface area contributed by atoms with E-state index in [-0.39, 0.29) is 13.2 Å². The Bertz CT molecular complexity index is 926. The molecule has 3 rings (SSSR count). The fourth-order valence-corrected chi connectivity index (χ4v) is 3.03. The molecule has 0 aliphatic rings. The van der Waals surface area contributed by atoms with Crippen LogP contribution in [-0.4, -0.2) is 52.1 Å². The summed E-state index contributed by atoms with van der Waals surface area (Å²) in [7, 11) is 3.19. The molecule has 0 saturated carbocycles.